The summed E-state index contributed by atoms with van der Waals surface area (Å²) in [5, 5.41) is 9.34. The second-order valence-electron chi connectivity index (χ2n) is 4.68. The van der Waals surface area contributed by atoms with Gasteiger partial charge in [-0.05, 0) is 42.0 Å². The summed E-state index contributed by atoms with van der Waals surface area (Å²) in [6.07, 6.45) is 3.04. The van der Waals surface area contributed by atoms with Gasteiger partial charge in [0.15, 0.2) is 23.9 Å². The third-order valence-electron chi connectivity index (χ3n) is 3.10. The molecule has 0 radical (unpaired) electrons. The molecule has 0 aliphatic carbocycles. The first-order valence-electron chi connectivity index (χ1n) is 6.90. The highest BCUT2D eigenvalue weighted by Gasteiger charge is 2.09. The summed E-state index contributed by atoms with van der Waals surface area (Å²) in [6, 6.07) is 11.7. The van der Waals surface area contributed by atoms with Crippen LogP contribution in [0.5, 0.6) is 11.5 Å². The lowest BCUT2D eigenvalue weighted by molar-refractivity contribution is 0.104. The van der Waals surface area contributed by atoms with Crippen molar-refractivity contribution in [2.24, 2.45) is 0 Å². The molecule has 2 aromatic rings. The number of halogens is 2. The maximum atomic E-state index is 12.2. The summed E-state index contributed by atoms with van der Waals surface area (Å²) in [5.74, 6) is 0.673. The van der Waals surface area contributed by atoms with Crippen LogP contribution < -0.4 is 9.47 Å². The Hall–Kier alpha value is -2.48. The van der Waals surface area contributed by atoms with Crippen LogP contribution in [0.2, 0.25) is 10.0 Å². The lowest BCUT2D eigenvalue weighted by atomic mass is 10.1. The van der Waals surface area contributed by atoms with E-state index in [0.717, 1.165) is 5.56 Å². The van der Waals surface area contributed by atoms with E-state index >= 15 is 0 Å². The molecular formula is C18H13Cl2NO3. The van der Waals surface area contributed by atoms with Crippen molar-refractivity contribution in [3.05, 3.63) is 63.6 Å². The lowest BCUT2D eigenvalue weighted by Crippen LogP contribution is -1.97. The van der Waals surface area contributed by atoms with Crippen LogP contribution in [0.25, 0.3) is 6.08 Å². The molecule has 2 rings (SSSR count). The Labute approximate surface area is 149 Å². The molecule has 0 amide bonds. The van der Waals surface area contributed by atoms with Crippen molar-refractivity contribution < 1.29 is 14.3 Å². The highest BCUT2D eigenvalue weighted by Crippen LogP contribution is 2.28. The number of ether oxygens (including phenoxy) is 2. The number of carbonyl (C=O) groups is 1. The zero-order valence-corrected chi connectivity index (χ0v) is 14.3. The van der Waals surface area contributed by atoms with Gasteiger partial charge in [-0.3, -0.25) is 4.79 Å². The van der Waals surface area contributed by atoms with Crippen molar-refractivity contribution in [3.63, 3.8) is 0 Å². The molecule has 0 fully saturated rings. The van der Waals surface area contributed by atoms with Gasteiger partial charge in [0.25, 0.3) is 0 Å². The molecule has 6 heteroatoms. The molecule has 0 saturated carbocycles. The number of ketones is 1. The number of carbonyl (C=O) groups excluding carboxylic acids is 1. The number of hydrogen-bond donors (Lipinski definition) is 0. The Bertz CT molecular complexity index is 825. The zero-order chi connectivity index (χ0) is 17.5. The van der Waals surface area contributed by atoms with Gasteiger partial charge < -0.3 is 9.47 Å². The maximum absolute atomic E-state index is 12.2. The van der Waals surface area contributed by atoms with Crippen LogP contribution in [0.3, 0.4) is 0 Å². The first-order valence-corrected chi connectivity index (χ1v) is 7.66. The summed E-state index contributed by atoms with van der Waals surface area (Å²) in [6.45, 7) is -0.0721. The fourth-order valence-corrected chi connectivity index (χ4v) is 2.35. The minimum Gasteiger partial charge on any atom is -0.493 e. The van der Waals surface area contributed by atoms with Crippen LogP contribution in [0, 0.1) is 11.3 Å². The van der Waals surface area contributed by atoms with Crippen LogP contribution in [0.1, 0.15) is 15.9 Å². The highest BCUT2D eigenvalue weighted by molar-refractivity contribution is 6.36. The number of hydrogen-bond acceptors (Lipinski definition) is 4. The van der Waals surface area contributed by atoms with E-state index in [2.05, 4.69) is 0 Å². The smallest absolute Gasteiger partial charge is 0.187 e. The Morgan fingerprint density at radius 2 is 2.00 bits per heavy atom. The summed E-state index contributed by atoms with van der Waals surface area (Å²) < 4.78 is 10.5. The first-order chi connectivity index (χ1) is 11.5. The molecular weight excluding hydrogens is 349 g/mol. The topological polar surface area (TPSA) is 59.3 Å². The average Bonchev–Trinajstić information content (AvgIpc) is 2.60. The zero-order valence-electron chi connectivity index (χ0n) is 12.8. The van der Waals surface area contributed by atoms with Crippen LogP contribution >= 0.6 is 23.2 Å². The molecule has 0 aromatic heterocycles. The summed E-state index contributed by atoms with van der Waals surface area (Å²) in [4.78, 5) is 12.2. The van der Waals surface area contributed by atoms with E-state index < -0.39 is 0 Å². The van der Waals surface area contributed by atoms with Crippen molar-refractivity contribution in [2.75, 3.05) is 13.7 Å². The molecule has 122 valence electrons. The van der Waals surface area contributed by atoms with E-state index in [-0.39, 0.29) is 12.4 Å². The van der Waals surface area contributed by atoms with E-state index in [1.165, 1.54) is 19.3 Å². The molecule has 2 aromatic carbocycles. The number of allylic oxidation sites excluding steroid dienone is 1. The van der Waals surface area contributed by atoms with E-state index in [1.54, 1.807) is 36.4 Å². The van der Waals surface area contributed by atoms with Gasteiger partial charge in [0.1, 0.15) is 6.07 Å². The van der Waals surface area contributed by atoms with E-state index in [4.69, 9.17) is 37.9 Å². The van der Waals surface area contributed by atoms with Crippen molar-refractivity contribution in [1.82, 2.24) is 0 Å². The molecule has 0 heterocycles. The highest BCUT2D eigenvalue weighted by atomic mass is 35.5. The number of nitriles is 1. The van der Waals surface area contributed by atoms with Crippen LogP contribution in [-0.2, 0) is 0 Å². The van der Waals surface area contributed by atoms with Crippen molar-refractivity contribution in [1.29, 1.82) is 5.26 Å². The van der Waals surface area contributed by atoms with Crippen LogP contribution in [-0.4, -0.2) is 19.5 Å². The fourth-order valence-electron chi connectivity index (χ4n) is 1.97. The molecule has 0 aliphatic heterocycles. The van der Waals surface area contributed by atoms with Crippen LogP contribution in [0.4, 0.5) is 0 Å². The second-order valence-corrected chi connectivity index (χ2v) is 5.52. The molecule has 0 unspecified atom stereocenters. The quantitative estimate of drug-likeness (QED) is 0.547. The molecule has 4 nitrogen and oxygen atoms in total. The van der Waals surface area contributed by atoms with Gasteiger partial charge >= 0.3 is 0 Å². The monoisotopic (exact) mass is 361 g/mol. The van der Waals surface area contributed by atoms with Gasteiger partial charge in [-0.2, -0.15) is 5.26 Å². The summed E-state index contributed by atoms with van der Waals surface area (Å²) in [5.41, 5.74) is 1.07. The Balaban J connectivity index is 2.21. The maximum Gasteiger partial charge on any atom is 0.187 e. The average molecular weight is 362 g/mol. The van der Waals surface area contributed by atoms with Gasteiger partial charge in [-0.25, -0.2) is 0 Å². The molecule has 0 aliphatic rings. The van der Waals surface area contributed by atoms with Crippen molar-refractivity contribution in [3.8, 4) is 17.6 Å². The number of rotatable bonds is 6. The Kier molecular flexibility index (Phi) is 6.25. The van der Waals surface area contributed by atoms with Gasteiger partial charge in [0.2, 0.25) is 0 Å². The Morgan fingerprint density at radius 1 is 1.21 bits per heavy atom. The fraction of sp³-hybridized carbons (Fsp3) is 0.111. The summed E-state index contributed by atoms with van der Waals surface area (Å²) in [7, 11) is 1.50. The number of benzene rings is 2. The SMILES string of the molecule is COc1cc(/C=C/C(=O)c2cc(Cl)ccc2Cl)ccc1OCC#N. The number of methoxy groups -OCH3 is 1. The Morgan fingerprint density at radius 3 is 2.71 bits per heavy atom. The van der Waals surface area contributed by atoms with Gasteiger partial charge in [0.05, 0.1) is 12.1 Å². The molecule has 0 spiro atoms. The van der Waals surface area contributed by atoms with Gasteiger partial charge in [-0.1, -0.05) is 35.3 Å². The predicted molar refractivity (Wildman–Crippen MR) is 93.9 cm³/mol. The van der Waals surface area contributed by atoms with Gasteiger partial charge in [0, 0.05) is 10.6 Å². The van der Waals surface area contributed by atoms with Crippen LogP contribution in [0.15, 0.2) is 42.5 Å². The molecule has 0 N–H and O–H groups in total. The molecule has 24 heavy (non-hydrogen) atoms. The minimum absolute atomic E-state index is 0.0721. The predicted octanol–water partition coefficient (Wildman–Crippen LogP) is 4.80. The van der Waals surface area contributed by atoms with E-state index in [9.17, 15) is 4.79 Å². The summed E-state index contributed by atoms with van der Waals surface area (Å²) >= 11 is 11.9. The lowest BCUT2D eigenvalue weighted by Gasteiger charge is -2.08. The van der Waals surface area contributed by atoms with Crippen molar-refractivity contribution in [2.45, 2.75) is 0 Å². The minimum atomic E-state index is -0.258. The third-order valence-corrected chi connectivity index (χ3v) is 3.67. The standard InChI is InChI=1S/C18H13Cl2NO3/c1-23-18-10-12(3-7-17(18)24-9-8-21)2-6-16(22)14-11-13(19)4-5-15(14)20/h2-7,10-11H,9H2,1H3/b6-2+. The second kappa shape index (κ2) is 8.39. The molecule has 0 atom stereocenters. The number of nitrogens with zero attached hydrogens (tertiary/aromatic N) is 1. The largest absolute Gasteiger partial charge is 0.493 e. The van der Waals surface area contributed by atoms with E-state index in [1.807, 2.05) is 6.07 Å². The third kappa shape index (κ3) is 4.51. The molecule has 0 saturated heterocycles. The molecule has 0 bridgehead atoms. The van der Waals surface area contributed by atoms with Gasteiger partial charge in [-0.15, -0.1) is 0 Å². The first kappa shape index (κ1) is 17.9. The normalized spacial score (nSPS) is 10.4. The van der Waals surface area contributed by atoms with E-state index in [0.29, 0.717) is 27.1 Å². The van der Waals surface area contributed by atoms with Crippen molar-refractivity contribution >= 4 is 35.1 Å².